The fourth-order valence-electron chi connectivity index (χ4n) is 1.24. The Hall–Kier alpha value is -1.89. The second-order valence-electron chi connectivity index (χ2n) is 4.35. The van der Waals surface area contributed by atoms with Gasteiger partial charge in [0, 0.05) is 6.07 Å². The molecule has 0 amide bonds. The van der Waals surface area contributed by atoms with Crippen LogP contribution in [0.1, 0.15) is 31.9 Å². The summed E-state index contributed by atoms with van der Waals surface area (Å²) in [6.07, 6.45) is 0. The predicted molar refractivity (Wildman–Crippen MR) is 56.5 cm³/mol. The molecule has 0 spiro atoms. The molecule has 4 heteroatoms. The smallest absolute Gasteiger partial charge is 0.258 e. The summed E-state index contributed by atoms with van der Waals surface area (Å²) in [6.45, 7) is 5.91. The molecule has 0 saturated heterocycles. The summed E-state index contributed by atoms with van der Waals surface area (Å²) in [6, 6.07) is 6.54. The Labute approximate surface area is 88.3 Å². The topological polar surface area (TPSA) is 66.9 Å². The highest BCUT2D eigenvalue weighted by molar-refractivity contribution is 5.51. The minimum absolute atomic E-state index is 0.105. The van der Waals surface area contributed by atoms with Crippen molar-refractivity contribution in [1.82, 2.24) is 0 Å². The van der Waals surface area contributed by atoms with Crippen LogP contribution in [0.25, 0.3) is 0 Å². The van der Waals surface area contributed by atoms with E-state index in [0.29, 0.717) is 0 Å². The predicted octanol–water partition coefficient (Wildman–Crippen LogP) is 2.76. The summed E-state index contributed by atoms with van der Waals surface area (Å²) in [5, 5.41) is 19.4. The van der Waals surface area contributed by atoms with Gasteiger partial charge in [-0.15, -0.1) is 0 Å². The zero-order valence-electron chi connectivity index (χ0n) is 8.94. The van der Waals surface area contributed by atoms with Crippen molar-refractivity contribution >= 4 is 5.69 Å². The van der Waals surface area contributed by atoms with Gasteiger partial charge >= 0.3 is 0 Å². The van der Waals surface area contributed by atoms with Crippen LogP contribution >= 0.6 is 0 Å². The number of rotatable bonds is 1. The Bertz CT molecular complexity index is 439. The van der Waals surface area contributed by atoms with Gasteiger partial charge in [-0.3, -0.25) is 10.1 Å². The molecule has 0 heterocycles. The minimum Gasteiger partial charge on any atom is -0.258 e. The largest absolute Gasteiger partial charge is 0.287 e. The van der Waals surface area contributed by atoms with Crippen LogP contribution in [0.5, 0.6) is 0 Å². The Balaban J connectivity index is 3.37. The summed E-state index contributed by atoms with van der Waals surface area (Å²) in [5.41, 5.74) is 0.685. The van der Waals surface area contributed by atoms with Gasteiger partial charge in [0.15, 0.2) is 0 Å². The maximum absolute atomic E-state index is 10.7. The van der Waals surface area contributed by atoms with Crippen LogP contribution in [0, 0.1) is 21.4 Å². The summed E-state index contributed by atoms with van der Waals surface area (Å²) >= 11 is 0. The SMILES string of the molecule is CC(C)(C)c1ccc(C#N)c([N+](=O)[O-])c1. The molecule has 1 aromatic carbocycles. The van der Waals surface area contributed by atoms with E-state index in [1.54, 1.807) is 6.07 Å². The zero-order chi connectivity index (χ0) is 11.6. The highest BCUT2D eigenvalue weighted by atomic mass is 16.6. The van der Waals surface area contributed by atoms with Gasteiger partial charge in [0.2, 0.25) is 0 Å². The van der Waals surface area contributed by atoms with E-state index in [1.165, 1.54) is 12.1 Å². The van der Waals surface area contributed by atoms with Crippen molar-refractivity contribution in [2.24, 2.45) is 0 Å². The van der Waals surface area contributed by atoms with Crippen molar-refractivity contribution in [2.75, 3.05) is 0 Å². The lowest BCUT2D eigenvalue weighted by atomic mass is 9.86. The van der Waals surface area contributed by atoms with E-state index in [1.807, 2.05) is 26.8 Å². The number of nitro benzene ring substituents is 1. The molecule has 1 rings (SSSR count). The van der Waals surface area contributed by atoms with Crippen LogP contribution in [0.3, 0.4) is 0 Å². The highest BCUT2D eigenvalue weighted by Gasteiger charge is 2.20. The number of hydrogen-bond donors (Lipinski definition) is 0. The van der Waals surface area contributed by atoms with Crippen LogP contribution < -0.4 is 0 Å². The highest BCUT2D eigenvalue weighted by Crippen LogP contribution is 2.27. The standard InChI is InChI=1S/C11H12N2O2/c1-11(2,3)9-5-4-8(7-12)10(6-9)13(14)15/h4-6H,1-3H3. The molecule has 0 radical (unpaired) electrons. The van der Waals surface area contributed by atoms with E-state index in [2.05, 4.69) is 0 Å². The van der Waals surface area contributed by atoms with E-state index in [4.69, 9.17) is 5.26 Å². The van der Waals surface area contributed by atoms with Gasteiger partial charge in [0.05, 0.1) is 4.92 Å². The van der Waals surface area contributed by atoms with Gasteiger partial charge in [-0.25, -0.2) is 0 Å². The van der Waals surface area contributed by atoms with Crippen molar-refractivity contribution in [3.63, 3.8) is 0 Å². The molecule has 0 aliphatic rings. The molecule has 0 aromatic heterocycles. The molecule has 0 aliphatic carbocycles. The summed E-state index contributed by atoms with van der Waals surface area (Å²) in [5.74, 6) is 0. The zero-order valence-corrected chi connectivity index (χ0v) is 8.94. The third kappa shape index (κ3) is 2.32. The lowest BCUT2D eigenvalue weighted by Gasteiger charge is -2.18. The van der Waals surface area contributed by atoms with Gasteiger partial charge in [-0.2, -0.15) is 5.26 Å². The van der Waals surface area contributed by atoms with Gasteiger partial charge in [-0.05, 0) is 17.0 Å². The number of nitrogens with zero attached hydrogens (tertiary/aromatic N) is 2. The first-order chi connectivity index (χ1) is 6.86. The van der Waals surface area contributed by atoms with Crippen molar-refractivity contribution in [3.05, 3.63) is 39.4 Å². The molecule has 0 aliphatic heterocycles. The summed E-state index contributed by atoms with van der Waals surface area (Å²) < 4.78 is 0. The molecule has 1 aromatic rings. The van der Waals surface area contributed by atoms with Crippen molar-refractivity contribution < 1.29 is 4.92 Å². The van der Waals surface area contributed by atoms with Gasteiger partial charge < -0.3 is 0 Å². The number of hydrogen-bond acceptors (Lipinski definition) is 3. The van der Waals surface area contributed by atoms with Gasteiger partial charge in [0.1, 0.15) is 11.6 Å². The van der Waals surface area contributed by atoms with Crippen LogP contribution in [0.15, 0.2) is 18.2 Å². The fourth-order valence-corrected chi connectivity index (χ4v) is 1.24. The third-order valence-electron chi connectivity index (χ3n) is 2.18. The maximum Gasteiger partial charge on any atom is 0.287 e. The molecule has 0 fully saturated rings. The summed E-state index contributed by atoms with van der Waals surface area (Å²) in [4.78, 5) is 10.2. The van der Waals surface area contributed by atoms with Gasteiger partial charge in [0.25, 0.3) is 5.69 Å². The summed E-state index contributed by atoms with van der Waals surface area (Å²) in [7, 11) is 0. The van der Waals surface area contributed by atoms with Crippen LogP contribution in [-0.2, 0) is 5.41 Å². The van der Waals surface area contributed by atoms with E-state index in [-0.39, 0.29) is 16.7 Å². The number of benzene rings is 1. The Kier molecular flexibility index (Phi) is 2.76. The normalized spacial score (nSPS) is 10.8. The molecule has 0 N–H and O–H groups in total. The third-order valence-corrected chi connectivity index (χ3v) is 2.18. The molecular weight excluding hydrogens is 192 g/mol. The molecule has 0 bridgehead atoms. The van der Waals surface area contributed by atoms with Crippen molar-refractivity contribution in [3.8, 4) is 6.07 Å². The molecular formula is C11H12N2O2. The van der Waals surface area contributed by atoms with Crippen LogP contribution in [-0.4, -0.2) is 4.92 Å². The first kappa shape index (κ1) is 11.2. The number of nitro groups is 1. The second kappa shape index (κ2) is 3.70. The van der Waals surface area contributed by atoms with E-state index in [9.17, 15) is 10.1 Å². The molecule has 0 saturated carbocycles. The quantitative estimate of drug-likeness (QED) is 0.521. The molecule has 0 atom stereocenters. The molecule has 4 nitrogen and oxygen atoms in total. The Morgan fingerprint density at radius 3 is 2.40 bits per heavy atom. The average molecular weight is 204 g/mol. The molecule has 0 unspecified atom stereocenters. The molecule has 15 heavy (non-hydrogen) atoms. The Morgan fingerprint density at radius 2 is 2.00 bits per heavy atom. The van der Waals surface area contributed by atoms with Crippen LogP contribution in [0.4, 0.5) is 5.69 Å². The molecule has 78 valence electrons. The number of nitriles is 1. The van der Waals surface area contributed by atoms with E-state index in [0.717, 1.165) is 5.56 Å². The van der Waals surface area contributed by atoms with Crippen molar-refractivity contribution in [2.45, 2.75) is 26.2 Å². The fraction of sp³-hybridized carbons (Fsp3) is 0.364. The minimum atomic E-state index is -0.520. The van der Waals surface area contributed by atoms with E-state index >= 15 is 0 Å². The monoisotopic (exact) mass is 204 g/mol. The van der Waals surface area contributed by atoms with Gasteiger partial charge in [-0.1, -0.05) is 26.8 Å². The lowest BCUT2D eigenvalue weighted by Crippen LogP contribution is -2.11. The van der Waals surface area contributed by atoms with Crippen LogP contribution in [0.2, 0.25) is 0 Å². The maximum atomic E-state index is 10.7. The first-order valence-electron chi connectivity index (χ1n) is 4.55. The Morgan fingerprint density at radius 1 is 1.40 bits per heavy atom. The second-order valence-corrected chi connectivity index (χ2v) is 4.35. The lowest BCUT2D eigenvalue weighted by molar-refractivity contribution is -0.385. The van der Waals surface area contributed by atoms with E-state index < -0.39 is 4.92 Å². The average Bonchev–Trinajstić information content (AvgIpc) is 2.15. The first-order valence-corrected chi connectivity index (χ1v) is 4.55. The van der Waals surface area contributed by atoms with Crippen molar-refractivity contribution in [1.29, 1.82) is 5.26 Å².